The molecule has 134 valence electrons. The first kappa shape index (κ1) is 19.1. The lowest BCUT2D eigenvalue weighted by Crippen LogP contribution is -2.38. The van der Waals surface area contributed by atoms with Gasteiger partial charge < -0.3 is 15.5 Å². The average molecular weight is 353 g/mol. The minimum atomic E-state index is -0.180. The van der Waals surface area contributed by atoms with Gasteiger partial charge in [-0.3, -0.25) is 4.99 Å². The van der Waals surface area contributed by atoms with Gasteiger partial charge in [-0.25, -0.2) is 4.39 Å². The molecule has 1 heterocycles. The van der Waals surface area contributed by atoms with Crippen molar-refractivity contribution in [3.63, 3.8) is 0 Å². The fourth-order valence-corrected chi connectivity index (χ4v) is 3.59. The number of nitrogens with zero attached hydrogens (tertiary/aromatic N) is 2. The van der Waals surface area contributed by atoms with Gasteiger partial charge in [-0.2, -0.15) is 0 Å². The number of rotatable bonds is 8. The van der Waals surface area contributed by atoms with Gasteiger partial charge in [0.15, 0.2) is 5.96 Å². The number of hydrogen-bond donors (Lipinski definition) is 2. The van der Waals surface area contributed by atoms with Gasteiger partial charge in [0.05, 0.1) is 0 Å². The summed E-state index contributed by atoms with van der Waals surface area (Å²) in [7, 11) is 2.17. The quantitative estimate of drug-likeness (QED) is 0.327. The highest BCUT2D eigenvalue weighted by Crippen LogP contribution is 2.18. The normalized spacial score (nSPS) is 18.8. The minimum absolute atomic E-state index is 0.180. The van der Waals surface area contributed by atoms with Crippen molar-refractivity contribution in [3.05, 3.63) is 30.1 Å². The number of benzene rings is 1. The summed E-state index contributed by atoms with van der Waals surface area (Å²) in [5, 5.41) is 6.71. The third kappa shape index (κ3) is 7.09. The number of halogens is 1. The van der Waals surface area contributed by atoms with Crippen molar-refractivity contribution in [2.75, 3.05) is 45.5 Å². The van der Waals surface area contributed by atoms with E-state index in [4.69, 9.17) is 4.99 Å². The first-order valence-corrected chi connectivity index (χ1v) is 9.75. The van der Waals surface area contributed by atoms with Crippen molar-refractivity contribution in [2.45, 2.75) is 24.7 Å². The SMILES string of the molecule is CCNC(=NCC1CCN(C)C1)NCCCSc1ccc(F)cc1. The summed E-state index contributed by atoms with van der Waals surface area (Å²) in [6.45, 7) is 7.09. The Morgan fingerprint density at radius 2 is 2.12 bits per heavy atom. The molecule has 1 aromatic carbocycles. The highest BCUT2D eigenvalue weighted by molar-refractivity contribution is 7.99. The van der Waals surface area contributed by atoms with Gasteiger partial charge in [-0.1, -0.05) is 0 Å². The lowest BCUT2D eigenvalue weighted by atomic mass is 10.1. The van der Waals surface area contributed by atoms with Crippen LogP contribution in [-0.2, 0) is 0 Å². The van der Waals surface area contributed by atoms with Crippen LogP contribution >= 0.6 is 11.8 Å². The van der Waals surface area contributed by atoms with Crippen LogP contribution in [0.2, 0.25) is 0 Å². The maximum absolute atomic E-state index is 12.9. The van der Waals surface area contributed by atoms with Crippen LogP contribution in [0.1, 0.15) is 19.8 Å². The van der Waals surface area contributed by atoms with Gasteiger partial charge in [0.25, 0.3) is 0 Å². The van der Waals surface area contributed by atoms with Crippen molar-refractivity contribution in [2.24, 2.45) is 10.9 Å². The second-order valence-corrected chi connectivity index (χ2v) is 7.39. The number of thioether (sulfide) groups is 1. The summed E-state index contributed by atoms with van der Waals surface area (Å²) in [6.07, 6.45) is 2.28. The van der Waals surface area contributed by atoms with E-state index in [9.17, 15) is 4.39 Å². The van der Waals surface area contributed by atoms with Crippen LogP contribution in [0.4, 0.5) is 4.39 Å². The average Bonchev–Trinajstić information content (AvgIpc) is 2.99. The second kappa shape index (κ2) is 10.6. The van der Waals surface area contributed by atoms with Crippen molar-refractivity contribution in [1.29, 1.82) is 0 Å². The predicted molar refractivity (Wildman–Crippen MR) is 101 cm³/mol. The number of hydrogen-bond acceptors (Lipinski definition) is 3. The molecule has 4 nitrogen and oxygen atoms in total. The van der Waals surface area contributed by atoms with Crippen molar-refractivity contribution < 1.29 is 4.39 Å². The Labute approximate surface area is 149 Å². The molecule has 0 aliphatic carbocycles. The third-order valence-electron chi connectivity index (χ3n) is 4.04. The molecule has 1 saturated heterocycles. The summed E-state index contributed by atoms with van der Waals surface area (Å²) >= 11 is 1.76. The maximum atomic E-state index is 12.9. The zero-order valence-corrected chi connectivity index (χ0v) is 15.5. The van der Waals surface area contributed by atoms with E-state index in [1.54, 1.807) is 11.8 Å². The monoisotopic (exact) mass is 352 g/mol. The zero-order chi connectivity index (χ0) is 17.2. The molecule has 1 unspecified atom stereocenters. The first-order valence-electron chi connectivity index (χ1n) is 8.76. The number of guanidine groups is 1. The summed E-state index contributed by atoms with van der Waals surface area (Å²) in [4.78, 5) is 8.20. The van der Waals surface area contributed by atoms with E-state index < -0.39 is 0 Å². The molecular weight excluding hydrogens is 323 g/mol. The molecule has 24 heavy (non-hydrogen) atoms. The van der Waals surface area contributed by atoms with Crippen molar-refractivity contribution in [3.8, 4) is 0 Å². The smallest absolute Gasteiger partial charge is 0.191 e. The van der Waals surface area contributed by atoms with E-state index in [-0.39, 0.29) is 5.82 Å². The largest absolute Gasteiger partial charge is 0.357 e. The van der Waals surface area contributed by atoms with E-state index in [0.29, 0.717) is 5.92 Å². The molecule has 0 aromatic heterocycles. The molecule has 0 bridgehead atoms. The molecule has 0 saturated carbocycles. The number of aliphatic imine (C=N–C) groups is 1. The Morgan fingerprint density at radius 3 is 2.79 bits per heavy atom. The summed E-state index contributed by atoms with van der Waals surface area (Å²) < 4.78 is 12.9. The highest BCUT2D eigenvalue weighted by Gasteiger charge is 2.18. The molecule has 1 aliphatic heterocycles. The third-order valence-corrected chi connectivity index (χ3v) is 5.13. The summed E-state index contributed by atoms with van der Waals surface area (Å²) in [5.41, 5.74) is 0. The van der Waals surface area contributed by atoms with Crippen LogP contribution in [-0.4, -0.2) is 56.4 Å². The van der Waals surface area contributed by atoms with Crippen molar-refractivity contribution >= 4 is 17.7 Å². The van der Waals surface area contributed by atoms with E-state index in [1.807, 2.05) is 12.1 Å². The van der Waals surface area contributed by atoms with Crippen LogP contribution < -0.4 is 10.6 Å². The van der Waals surface area contributed by atoms with Gasteiger partial charge in [0.2, 0.25) is 0 Å². The summed E-state index contributed by atoms with van der Waals surface area (Å²) in [5.74, 6) is 2.42. The Kier molecular flexibility index (Phi) is 8.39. The van der Waals surface area contributed by atoms with Crippen molar-refractivity contribution in [1.82, 2.24) is 15.5 Å². The van der Waals surface area contributed by atoms with E-state index in [1.165, 1.54) is 25.1 Å². The predicted octanol–water partition coefficient (Wildman–Crippen LogP) is 2.81. The molecule has 0 spiro atoms. The highest BCUT2D eigenvalue weighted by atomic mass is 32.2. The second-order valence-electron chi connectivity index (χ2n) is 6.22. The van der Waals surface area contributed by atoms with Crippen LogP contribution in [0.25, 0.3) is 0 Å². The fourth-order valence-electron chi connectivity index (χ4n) is 2.74. The minimum Gasteiger partial charge on any atom is -0.357 e. The molecule has 2 rings (SSSR count). The topological polar surface area (TPSA) is 39.7 Å². The Bertz CT molecular complexity index is 506. The van der Waals surface area contributed by atoms with Gasteiger partial charge in [0.1, 0.15) is 5.82 Å². The first-order chi connectivity index (χ1) is 11.7. The zero-order valence-electron chi connectivity index (χ0n) is 14.7. The molecule has 0 amide bonds. The standard InChI is InChI=1S/C18H29FN4S/c1-3-20-18(22-13-15-9-11-23(2)14-15)21-10-4-12-24-17-7-5-16(19)6-8-17/h5-8,15H,3-4,9-14H2,1-2H3,(H2,20,21,22). The van der Waals surface area contributed by atoms with Crippen LogP contribution in [0.3, 0.4) is 0 Å². The molecule has 1 aromatic rings. The van der Waals surface area contributed by atoms with E-state index >= 15 is 0 Å². The van der Waals surface area contributed by atoms with E-state index in [0.717, 1.165) is 49.2 Å². The Balaban J connectivity index is 1.64. The van der Waals surface area contributed by atoms with Gasteiger partial charge in [-0.15, -0.1) is 11.8 Å². The maximum Gasteiger partial charge on any atom is 0.191 e. The molecule has 1 fully saturated rings. The lowest BCUT2D eigenvalue weighted by Gasteiger charge is -2.13. The molecular formula is C18H29FN4S. The Hall–Kier alpha value is -1.27. The summed E-state index contributed by atoms with van der Waals surface area (Å²) in [6, 6.07) is 6.68. The van der Waals surface area contributed by atoms with Gasteiger partial charge in [0, 0.05) is 31.1 Å². The van der Waals surface area contributed by atoms with Gasteiger partial charge >= 0.3 is 0 Å². The number of likely N-dealkylation sites (tertiary alicyclic amines) is 1. The fraction of sp³-hybridized carbons (Fsp3) is 0.611. The van der Waals surface area contributed by atoms with Gasteiger partial charge in [-0.05, 0) is 69.3 Å². The molecule has 1 aliphatic rings. The molecule has 6 heteroatoms. The molecule has 0 radical (unpaired) electrons. The molecule has 1 atom stereocenters. The van der Waals surface area contributed by atoms with Crippen LogP contribution in [0.5, 0.6) is 0 Å². The number of nitrogens with one attached hydrogen (secondary N) is 2. The lowest BCUT2D eigenvalue weighted by molar-refractivity contribution is 0.397. The van der Waals surface area contributed by atoms with Crippen LogP contribution in [0, 0.1) is 11.7 Å². The Morgan fingerprint density at radius 1 is 1.33 bits per heavy atom. The molecule has 2 N–H and O–H groups in total. The van der Waals surface area contributed by atoms with Crippen LogP contribution in [0.15, 0.2) is 34.2 Å². The van der Waals surface area contributed by atoms with E-state index in [2.05, 4.69) is 29.5 Å².